The van der Waals surface area contributed by atoms with Crippen molar-refractivity contribution in [2.45, 2.75) is 82.3 Å². The number of rotatable bonds is 3. The van der Waals surface area contributed by atoms with Gasteiger partial charge in [0, 0.05) is 18.0 Å². The van der Waals surface area contributed by atoms with E-state index in [1.807, 2.05) is 12.1 Å². The molecule has 0 aromatic heterocycles. The van der Waals surface area contributed by atoms with Gasteiger partial charge in [-0.25, -0.2) is 0 Å². The minimum Gasteiger partial charge on any atom is -0.508 e. The number of likely N-dealkylation sites (tertiary alicyclic amines) is 1. The van der Waals surface area contributed by atoms with Gasteiger partial charge in [0.1, 0.15) is 5.75 Å². The molecule has 2 saturated carbocycles. The van der Waals surface area contributed by atoms with Gasteiger partial charge in [0.15, 0.2) is 0 Å². The van der Waals surface area contributed by atoms with Crippen LogP contribution in [0.2, 0.25) is 0 Å². The van der Waals surface area contributed by atoms with Gasteiger partial charge in [0.2, 0.25) is 0 Å². The Labute approximate surface area is 152 Å². The summed E-state index contributed by atoms with van der Waals surface area (Å²) in [6, 6.07) is 5.90. The lowest BCUT2D eigenvalue weighted by atomic mass is 9.53. The Morgan fingerprint density at radius 1 is 1.12 bits per heavy atom. The second-order valence-corrected chi connectivity index (χ2v) is 8.93. The van der Waals surface area contributed by atoms with Gasteiger partial charge in [0.05, 0.1) is 5.60 Å². The first-order chi connectivity index (χ1) is 12.0. The summed E-state index contributed by atoms with van der Waals surface area (Å²) in [5, 5.41) is 22.2. The van der Waals surface area contributed by atoms with E-state index in [1.165, 1.54) is 36.8 Å². The lowest BCUT2D eigenvalue weighted by Crippen LogP contribution is -2.69. The molecule has 138 valence electrons. The van der Waals surface area contributed by atoms with Gasteiger partial charge < -0.3 is 10.2 Å². The first-order valence-corrected chi connectivity index (χ1v) is 10.2. The predicted molar refractivity (Wildman–Crippen MR) is 101 cm³/mol. The number of hydrogen-bond donors (Lipinski definition) is 2. The van der Waals surface area contributed by atoms with Gasteiger partial charge in [-0.2, -0.15) is 0 Å². The normalized spacial score (nSPS) is 36.7. The molecule has 3 nitrogen and oxygen atoms in total. The number of phenolic OH excluding ortho intramolecular Hbond substituents is 1. The van der Waals surface area contributed by atoms with Gasteiger partial charge in [-0.3, -0.25) is 4.90 Å². The van der Waals surface area contributed by atoms with Crippen LogP contribution in [-0.2, 0) is 5.41 Å². The van der Waals surface area contributed by atoms with Gasteiger partial charge in [-0.15, -0.1) is 0 Å². The van der Waals surface area contributed by atoms with Crippen LogP contribution in [-0.4, -0.2) is 39.8 Å². The Hall–Kier alpha value is -1.06. The summed E-state index contributed by atoms with van der Waals surface area (Å²) in [7, 11) is 0. The number of hydrogen-bond acceptors (Lipinski definition) is 3. The van der Waals surface area contributed by atoms with Crippen molar-refractivity contribution in [1.82, 2.24) is 4.90 Å². The molecule has 1 aliphatic heterocycles. The average molecular weight is 344 g/mol. The standard InChI is InChI=1S/C22H33NO2/c1-16-8-9-19(24)14-20(16)21-10-3-4-11-22(21,25)17(2)23(13-12-21)15-18-6-5-7-18/h8-9,14,17-18,24-25H,3-7,10-13,15H2,1-2H3/t17-,21+,22-/m1/s1. The number of benzene rings is 1. The Kier molecular flexibility index (Phi) is 4.36. The lowest BCUT2D eigenvalue weighted by Gasteiger charge is -2.61. The Balaban J connectivity index is 1.71. The topological polar surface area (TPSA) is 43.7 Å². The van der Waals surface area contributed by atoms with E-state index in [9.17, 15) is 10.2 Å². The number of aromatic hydroxyl groups is 1. The van der Waals surface area contributed by atoms with Gasteiger partial charge >= 0.3 is 0 Å². The molecule has 3 heteroatoms. The van der Waals surface area contributed by atoms with Crippen molar-refractivity contribution in [3.8, 4) is 5.75 Å². The third-order valence-corrected chi connectivity index (χ3v) is 7.76. The van der Waals surface area contributed by atoms with E-state index in [0.29, 0.717) is 5.75 Å². The number of fused-ring (bicyclic) bond motifs is 1. The highest BCUT2D eigenvalue weighted by atomic mass is 16.3. The molecule has 0 spiro atoms. The van der Waals surface area contributed by atoms with Gasteiger partial charge in [-0.05, 0) is 81.7 Å². The SMILES string of the molecule is Cc1ccc(O)cc1[C@@]12CCCC[C@@]1(O)[C@@H](C)N(CC1CCC1)CC2. The third-order valence-electron chi connectivity index (χ3n) is 7.76. The highest BCUT2D eigenvalue weighted by molar-refractivity contribution is 5.43. The maximum atomic E-state index is 12.0. The monoisotopic (exact) mass is 343 g/mol. The van der Waals surface area contributed by atoms with Crippen LogP contribution in [0.3, 0.4) is 0 Å². The quantitative estimate of drug-likeness (QED) is 0.867. The molecule has 0 unspecified atom stereocenters. The smallest absolute Gasteiger partial charge is 0.115 e. The summed E-state index contributed by atoms with van der Waals surface area (Å²) in [6.45, 7) is 6.59. The molecule has 0 radical (unpaired) electrons. The third kappa shape index (κ3) is 2.62. The van der Waals surface area contributed by atoms with Crippen LogP contribution in [0.5, 0.6) is 5.75 Å². The molecule has 3 aliphatic rings. The first-order valence-electron chi connectivity index (χ1n) is 10.2. The average Bonchev–Trinajstić information content (AvgIpc) is 2.56. The number of nitrogens with zero attached hydrogens (tertiary/aromatic N) is 1. The fourth-order valence-electron chi connectivity index (χ4n) is 5.94. The number of piperidine rings is 1. The molecule has 2 N–H and O–H groups in total. The van der Waals surface area contributed by atoms with E-state index in [4.69, 9.17) is 0 Å². The van der Waals surface area contributed by atoms with Crippen molar-refractivity contribution in [1.29, 1.82) is 0 Å². The summed E-state index contributed by atoms with van der Waals surface area (Å²) in [6.07, 6.45) is 9.30. The van der Waals surface area contributed by atoms with Crippen LogP contribution in [0.15, 0.2) is 18.2 Å². The summed E-state index contributed by atoms with van der Waals surface area (Å²) in [5.41, 5.74) is 1.50. The zero-order valence-electron chi connectivity index (χ0n) is 15.8. The Bertz CT molecular complexity index is 641. The fraction of sp³-hybridized carbons (Fsp3) is 0.727. The second-order valence-electron chi connectivity index (χ2n) is 8.93. The van der Waals surface area contributed by atoms with E-state index >= 15 is 0 Å². The van der Waals surface area contributed by atoms with Crippen LogP contribution in [0.4, 0.5) is 0 Å². The minimum atomic E-state index is -0.689. The minimum absolute atomic E-state index is 0.184. The molecule has 1 aromatic rings. The summed E-state index contributed by atoms with van der Waals surface area (Å²) in [4.78, 5) is 2.56. The van der Waals surface area contributed by atoms with Crippen LogP contribution in [0.1, 0.15) is 69.4 Å². The zero-order valence-corrected chi connectivity index (χ0v) is 15.8. The first kappa shape index (κ1) is 17.4. The molecular formula is C22H33NO2. The molecule has 4 rings (SSSR count). The van der Waals surface area contributed by atoms with Crippen molar-refractivity contribution >= 4 is 0 Å². The highest BCUT2D eigenvalue weighted by Crippen LogP contribution is 2.55. The van der Waals surface area contributed by atoms with Crippen molar-refractivity contribution in [3.63, 3.8) is 0 Å². The van der Waals surface area contributed by atoms with Gasteiger partial charge in [0.25, 0.3) is 0 Å². The molecule has 3 atom stereocenters. The van der Waals surface area contributed by atoms with Crippen molar-refractivity contribution < 1.29 is 10.2 Å². The lowest BCUT2D eigenvalue weighted by molar-refractivity contribution is -0.157. The van der Waals surface area contributed by atoms with Crippen molar-refractivity contribution in [2.75, 3.05) is 13.1 Å². The number of phenols is 1. The van der Waals surface area contributed by atoms with Crippen molar-refractivity contribution in [2.24, 2.45) is 5.92 Å². The van der Waals surface area contributed by atoms with Crippen LogP contribution < -0.4 is 0 Å². The van der Waals surface area contributed by atoms with E-state index in [1.54, 1.807) is 6.07 Å². The molecule has 0 bridgehead atoms. The molecule has 1 heterocycles. The molecule has 1 aromatic carbocycles. The van der Waals surface area contributed by atoms with Crippen LogP contribution >= 0.6 is 0 Å². The number of aryl methyl sites for hydroxylation is 1. The van der Waals surface area contributed by atoms with Gasteiger partial charge in [-0.1, -0.05) is 25.3 Å². The summed E-state index contributed by atoms with van der Waals surface area (Å²) in [5.74, 6) is 1.16. The molecule has 25 heavy (non-hydrogen) atoms. The Morgan fingerprint density at radius 2 is 1.88 bits per heavy atom. The summed E-state index contributed by atoms with van der Waals surface area (Å²) < 4.78 is 0. The highest BCUT2D eigenvalue weighted by Gasteiger charge is 2.59. The van der Waals surface area contributed by atoms with E-state index in [2.05, 4.69) is 18.7 Å². The van der Waals surface area contributed by atoms with Crippen molar-refractivity contribution in [3.05, 3.63) is 29.3 Å². The maximum absolute atomic E-state index is 12.0. The van der Waals surface area contributed by atoms with E-state index in [-0.39, 0.29) is 11.5 Å². The van der Waals surface area contributed by atoms with Crippen LogP contribution in [0.25, 0.3) is 0 Å². The molecular weight excluding hydrogens is 310 g/mol. The fourth-order valence-corrected chi connectivity index (χ4v) is 5.94. The van der Waals surface area contributed by atoms with Crippen LogP contribution in [0, 0.1) is 12.8 Å². The largest absolute Gasteiger partial charge is 0.508 e. The Morgan fingerprint density at radius 3 is 2.60 bits per heavy atom. The zero-order chi connectivity index (χ0) is 17.7. The van der Waals surface area contributed by atoms with E-state index < -0.39 is 5.60 Å². The molecule has 0 amide bonds. The molecule has 3 fully saturated rings. The maximum Gasteiger partial charge on any atom is 0.115 e. The molecule has 2 aliphatic carbocycles. The van der Waals surface area contributed by atoms with E-state index in [0.717, 1.165) is 44.7 Å². The predicted octanol–water partition coefficient (Wildman–Crippen LogP) is 4.14. The molecule has 1 saturated heterocycles. The number of aliphatic hydroxyl groups is 1. The second kappa shape index (κ2) is 6.28. The summed E-state index contributed by atoms with van der Waals surface area (Å²) >= 11 is 0.